The lowest BCUT2D eigenvalue weighted by Gasteiger charge is -2.06. The summed E-state index contributed by atoms with van der Waals surface area (Å²) in [7, 11) is -2.78. The second-order valence-electron chi connectivity index (χ2n) is 3.68. The second kappa shape index (κ2) is 2.82. The molecule has 2 heterocycles. The van der Waals surface area contributed by atoms with Crippen molar-refractivity contribution < 1.29 is 4.21 Å². The number of nitrogen functional groups attached to an aromatic ring is 1. The van der Waals surface area contributed by atoms with Crippen molar-refractivity contribution in [3.63, 3.8) is 0 Å². The number of anilines is 1. The lowest BCUT2D eigenvalue weighted by molar-refractivity contribution is 0.681. The molecule has 1 aromatic carbocycles. The average Bonchev–Trinajstić information content (AvgIpc) is 2.55. The van der Waals surface area contributed by atoms with Crippen molar-refractivity contribution in [3.05, 3.63) is 35.4 Å². The van der Waals surface area contributed by atoms with Gasteiger partial charge in [0.15, 0.2) is 0 Å². The normalized spacial score (nSPS) is 22.5. The first-order valence-corrected chi connectivity index (χ1v) is 6.36. The van der Waals surface area contributed by atoms with E-state index in [0.29, 0.717) is 10.6 Å². The monoisotopic (exact) mass is 231 g/mol. The molecule has 0 amide bonds. The molecule has 0 spiro atoms. The zero-order valence-corrected chi connectivity index (χ0v) is 9.12. The fraction of sp³-hybridized carbons (Fsp3) is 0. The van der Waals surface area contributed by atoms with Crippen LogP contribution in [-0.4, -0.2) is 9.19 Å². The fourth-order valence-electron chi connectivity index (χ4n) is 1.95. The predicted octanol–water partition coefficient (Wildman–Crippen LogP) is 2.21. The van der Waals surface area contributed by atoms with Crippen LogP contribution in [0.5, 0.6) is 0 Å². The number of hydrogen-bond acceptors (Lipinski definition) is 4. The van der Waals surface area contributed by atoms with Crippen molar-refractivity contribution >= 4 is 32.4 Å². The zero-order chi connectivity index (χ0) is 11.3. The summed E-state index contributed by atoms with van der Waals surface area (Å²) >= 11 is 0. The van der Waals surface area contributed by atoms with Gasteiger partial charge in [-0.3, -0.25) is 4.98 Å². The Morgan fingerprint density at radius 1 is 1.31 bits per heavy atom. The summed E-state index contributed by atoms with van der Waals surface area (Å²) < 4.78 is 19.6. The molecule has 4 nitrogen and oxygen atoms in total. The van der Waals surface area contributed by atoms with Crippen molar-refractivity contribution in [2.24, 2.45) is 0 Å². The summed E-state index contributed by atoms with van der Waals surface area (Å²) in [6.45, 7) is 0. The number of benzene rings is 1. The third-order valence-electron chi connectivity index (χ3n) is 2.69. The van der Waals surface area contributed by atoms with Gasteiger partial charge in [0.1, 0.15) is 0 Å². The van der Waals surface area contributed by atoms with Gasteiger partial charge < -0.3 is 5.73 Å². The van der Waals surface area contributed by atoms with Crippen LogP contribution in [0.2, 0.25) is 0 Å². The second-order valence-corrected chi connectivity index (χ2v) is 5.59. The van der Waals surface area contributed by atoms with E-state index in [1.165, 1.54) is 5.41 Å². The summed E-state index contributed by atoms with van der Waals surface area (Å²) in [5, 5.41) is 2.21. The van der Waals surface area contributed by atoms with Gasteiger partial charge in [-0.1, -0.05) is 0 Å². The third kappa shape index (κ3) is 1.09. The summed E-state index contributed by atoms with van der Waals surface area (Å²) in [5.41, 5.74) is 8.02. The van der Waals surface area contributed by atoms with Gasteiger partial charge in [-0.25, -0.2) is 8.99 Å². The number of aromatic nitrogens is 1. The van der Waals surface area contributed by atoms with Crippen LogP contribution >= 0.6 is 0 Å². The van der Waals surface area contributed by atoms with Crippen LogP contribution in [0.3, 0.4) is 0 Å². The van der Waals surface area contributed by atoms with E-state index in [1.807, 2.05) is 0 Å². The van der Waals surface area contributed by atoms with Crippen molar-refractivity contribution in [1.29, 1.82) is 4.78 Å². The number of hydrogen-bond donors (Lipinski definition) is 2. The van der Waals surface area contributed by atoms with Crippen LogP contribution in [0.4, 0.5) is 5.69 Å². The molecule has 80 valence electrons. The van der Waals surface area contributed by atoms with Crippen LogP contribution in [-0.2, 0) is 9.73 Å². The van der Waals surface area contributed by atoms with Gasteiger partial charge in [-0.15, -0.1) is 0 Å². The van der Waals surface area contributed by atoms with Crippen molar-refractivity contribution in [1.82, 2.24) is 4.98 Å². The molecule has 3 N–H and O–H groups in total. The van der Waals surface area contributed by atoms with Crippen molar-refractivity contribution in [2.75, 3.05) is 5.73 Å². The Kier molecular flexibility index (Phi) is 1.65. The minimum Gasteiger partial charge on any atom is -0.398 e. The van der Waals surface area contributed by atoms with Crippen LogP contribution in [0, 0.1) is 4.78 Å². The highest BCUT2D eigenvalue weighted by molar-refractivity contribution is 7.95. The Morgan fingerprint density at radius 2 is 2.12 bits per heavy atom. The van der Waals surface area contributed by atoms with Crippen LogP contribution in [0.25, 0.3) is 17.0 Å². The molecule has 1 aliphatic rings. The van der Waals surface area contributed by atoms with Crippen LogP contribution in [0.15, 0.2) is 34.7 Å². The first-order valence-electron chi connectivity index (χ1n) is 4.74. The molecular weight excluding hydrogens is 222 g/mol. The molecule has 0 saturated heterocycles. The number of pyridine rings is 1. The van der Waals surface area contributed by atoms with E-state index >= 15 is 0 Å². The summed E-state index contributed by atoms with van der Waals surface area (Å²) in [6.07, 6.45) is 3.34. The first kappa shape index (κ1) is 9.35. The molecule has 0 fully saturated rings. The molecule has 3 rings (SSSR count). The molecule has 1 unspecified atom stereocenters. The Labute approximate surface area is 92.8 Å². The SMILES string of the molecule is N=S1(=O)C=Cc2c1ccc1nccc(N)c21. The highest BCUT2D eigenvalue weighted by atomic mass is 32.2. The molecule has 0 saturated carbocycles. The molecule has 16 heavy (non-hydrogen) atoms. The molecule has 2 aromatic rings. The largest absolute Gasteiger partial charge is 0.398 e. The van der Waals surface area contributed by atoms with Crippen molar-refractivity contribution in [2.45, 2.75) is 4.90 Å². The molecule has 0 radical (unpaired) electrons. The van der Waals surface area contributed by atoms with Gasteiger partial charge in [0.05, 0.1) is 20.1 Å². The maximum absolute atomic E-state index is 11.9. The van der Waals surface area contributed by atoms with E-state index in [0.717, 1.165) is 16.5 Å². The maximum atomic E-state index is 11.9. The van der Waals surface area contributed by atoms with E-state index in [4.69, 9.17) is 10.5 Å². The van der Waals surface area contributed by atoms with E-state index in [-0.39, 0.29) is 0 Å². The molecule has 1 aromatic heterocycles. The Morgan fingerprint density at radius 3 is 2.94 bits per heavy atom. The molecule has 0 aliphatic carbocycles. The minimum absolute atomic E-state index is 0.528. The van der Waals surface area contributed by atoms with E-state index in [2.05, 4.69) is 4.98 Å². The van der Waals surface area contributed by atoms with Crippen molar-refractivity contribution in [3.8, 4) is 0 Å². The molecular formula is C11H9N3OS. The van der Waals surface area contributed by atoms with Gasteiger partial charge in [-0.2, -0.15) is 0 Å². The standard InChI is InChI=1S/C11H9N3OS/c12-8-3-5-14-9-1-2-10-7(11(8)9)4-6-16(10,13)15/h1-6,13H,(H2,12,14). The fourth-order valence-corrected chi connectivity index (χ4v) is 3.19. The summed E-state index contributed by atoms with van der Waals surface area (Å²) in [6, 6.07) is 5.16. The van der Waals surface area contributed by atoms with Crippen LogP contribution in [0.1, 0.15) is 5.56 Å². The smallest absolute Gasteiger partial charge is 0.0949 e. The number of nitrogens with two attached hydrogens (primary N) is 1. The van der Waals surface area contributed by atoms with Gasteiger partial charge in [0.25, 0.3) is 0 Å². The Balaban J connectivity index is 2.57. The average molecular weight is 231 g/mol. The molecule has 1 atom stereocenters. The summed E-state index contributed by atoms with van der Waals surface area (Å²) in [5.74, 6) is 0. The van der Waals surface area contributed by atoms with Gasteiger partial charge in [-0.05, 0) is 24.3 Å². The van der Waals surface area contributed by atoms with Gasteiger partial charge in [0, 0.05) is 28.2 Å². The highest BCUT2D eigenvalue weighted by Crippen LogP contribution is 2.35. The lowest BCUT2D eigenvalue weighted by atomic mass is 10.1. The summed E-state index contributed by atoms with van der Waals surface area (Å²) in [4.78, 5) is 4.73. The number of nitrogens with one attached hydrogen (secondary N) is 1. The Hall–Kier alpha value is -1.88. The van der Waals surface area contributed by atoms with E-state index < -0.39 is 9.73 Å². The van der Waals surface area contributed by atoms with Crippen LogP contribution < -0.4 is 5.73 Å². The highest BCUT2D eigenvalue weighted by Gasteiger charge is 2.20. The quantitative estimate of drug-likeness (QED) is 0.729. The topological polar surface area (TPSA) is 79.8 Å². The lowest BCUT2D eigenvalue weighted by Crippen LogP contribution is -1.95. The molecule has 5 heteroatoms. The zero-order valence-electron chi connectivity index (χ0n) is 8.31. The predicted molar refractivity (Wildman–Crippen MR) is 64.3 cm³/mol. The minimum atomic E-state index is -2.78. The number of nitrogens with zero attached hydrogens (tertiary/aromatic N) is 1. The van der Waals surface area contributed by atoms with Gasteiger partial charge >= 0.3 is 0 Å². The number of rotatable bonds is 0. The third-order valence-corrected chi connectivity index (χ3v) is 4.22. The molecule has 1 aliphatic heterocycles. The van der Waals surface area contributed by atoms with E-state index in [9.17, 15) is 4.21 Å². The molecule has 0 bridgehead atoms. The number of fused-ring (bicyclic) bond motifs is 3. The Bertz CT molecular complexity index is 732. The maximum Gasteiger partial charge on any atom is 0.0949 e. The van der Waals surface area contributed by atoms with E-state index in [1.54, 1.807) is 30.5 Å². The van der Waals surface area contributed by atoms with Gasteiger partial charge in [0.2, 0.25) is 0 Å². The first-order chi connectivity index (χ1) is 7.59.